The number of benzene rings is 2. The Morgan fingerprint density at radius 1 is 0.690 bits per heavy atom. The topological polar surface area (TPSA) is 146 Å². The van der Waals surface area contributed by atoms with E-state index in [0.717, 1.165) is 0 Å². The average molecular weight is 435 g/mol. The Balaban J connectivity index is 1.98. The summed E-state index contributed by atoms with van der Waals surface area (Å²) in [6.07, 6.45) is 1.60. The third-order valence-corrected chi connectivity index (χ3v) is 4.60. The van der Waals surface area contributed by atoms with E-state index in [1.807, 2.05) is 0 Å². The molecule has 3 aromatic rings. The van der Waals surface area contributed by atoms with Crippen LogP contribution < -0.4 is 8.37 Å². The molecule has 0 unspecified atom stereocenters. The molecular weight excluding hydrogens is 422 g/mol. The Morgan fingerprint density at radius 3 is 1.48 bits per heavy atom. The van der Waals surface area contributed by atoms with Crippen molar-refractivity contribution in [1.29, 1.82) is 0 Å². The lowest BCUT2D eigenvalue weighted by Gasteiger charge is -2.19. The van der Waals surface area contributed by atoms with Crippen LogP contribution >= 0.6 is 0 Å². The van der Waals surface area contributed by atoms with Gasteiger partial charge in [-0.15, -0.1) is 0 Å². The van der Waals surface area contributed by atoms with E-state index in [4.69, 9.17) is 0 Å². The Labute approximate surface area is 167 Å². The van der Waals surface area contributed by atoms with Crippen molar-refractivity contribution in [3.8, 4) is 11.5 Å². The highest BCUT2D eigenvalue weighted by Crippen LogP contribution is 2.32. The van der Waals surface area contributed by atoms with Crippen molar-refractivity contribution in [2.45, 2.75) is 5.92 Å². The molecule has 0 aliphatic carbocycles. The number of nitrogens with zero attached hydrogens (tertiary/aromatic N) is 1. The van der Waals surface area contributed by atoms with Gasteiger partial charge >= 0.3 is 0 Å². The highest BCUT2D eigenvalue weighted by atomic mass is 32.3. The van der Waals surface area contributed by atoms with Crippen molar-refractivity contribution in [3.05, 3.63) is 89.7 Å². The highest BCUT2D eigenvalue weighted by Gasteiger charge is 2.18. The first kappa shape index (κ1) is 20.7. The first-order valence-electron chi connectivity index (χ1n) is 8.02. The van der Waals surface area contributed by atoms with Gasteiger partial charge < -0.3 is 17.5 Å². The first-order chi connectivity index (χ1) is 13.6. The SMILES string of the molecule is O=S(=O)([O-])Oc1ccc(C(c2ccc(OS(=O)(=O)[O-])cc2)c2ccccn2)cc1. The summed E-state index contributed by atoms with van der Waals surface area (Å²) >= 11 is 0. The van der Waals surface area contributed by atoms with Gasteiger partial charge in [-0.1, -0.05) is 30.3 Å². The zero-order valence-corrected chi connectivity index (χ0v) is 16.2. The first-order valence-corrected chi connectivity index (χ1v) is 10.7. The van der Waals surface area contributed by atoms with Crippen LogP contribution in [-0.4, -0.2) is 30.9 Å². The molecule has 0 spiro atoms. The van der Waals surface area contributed by atoms with E-state index in [1.165, 1.54) is 24.3 Å². The van der Waals surface area contributed by atoms with E-state index < -0.39 is 26.7 Å². The van der Waals surface area contributed by atoms with Crippen molar-refractivity contribution in [2.24, 2.45) is 0 Å². The maximum Gasteiger partial charge on any atom is 0.262 e. The summed E-state index contributed by atoms with van der Waals surface area (Å²) < 4.78 is 73.0. The maximum absolute atomic E-state index is 10.7. The largest absolute Gasteiger partial charge is 0.716 e. The summed E-state index contributed by atoms with van der Waals surface area (Å²) in [7, 11) is -9.77. The minimum absolute atomic E-state index is 0.132. The summed E-state index contributed by atoms with van der Waals surface area (Å²) in [5.74, 6) is -0.673. The third-order valence-electron chi connectivity index (χ3n) is 3.81. The fraction of sp³-hybridized carbons (Fsp3) is 0.0556. The molecule has 0 saturated carbocycles. The van der Waals surface area contributed by atoms with Crippen LogP contribution in [0.3, 0.4) is 0 Å². The van der Waals surface area contributed by atoms with Crippen molar-refractivity contribution in [3.63, 3.8) is 0 Å². The molecule has 0 aliphatic heterocycles. The molecule has 1 heterocycles. The van der Waals surface area contributed by atoms with Crippen LogP contribution in [0.5, 0.6) is 11.5 Å². The minimum atomic E-state index is -4.89. The van der Waals surface area contributed by atoms with Crippen LogP contribution in [-0.2, 0) is 20.8 Å². The number of aromatic nitrogens is 1. The Morgan fingerprint density at radius 2 is 1.14 bits per heavy atom. The third kappa shape index (κ3) is 5.99. The average Bonchev–Trinajstić information content (AvgIpc) is 2.63. The predicted octanol–water partition coefficient (Wildman–Crippen LogP) is 1.94. The summed E-state index contributed by atoms with van der Waals surface area (Å²) in [5, 5.41) is 0. The number of hydrogen-bond acceptors (Lipinski definition) is 9. The Kier molecular flexibility index (Phi) is 5.84. The quantitative estimate of drug-likeness (QED) is 0.401. The van der Waals surface area contributed by atoms with E-state index in [2.05, 4.69) is 13.4 Å². The number of rotatable bonds is 7. The smallest absolute Gasteiger partial charge is 0.262 e. The van der Waals surface area contributed by atoms with Crippen LogP contribution in [0.2, 0.25) is 0 Å². The van der Waals surface area contributed by atoms with Gasteiger partial charge in [-0.2, -0.15) is 0 Å². The fourth-order valence-electron chi connectivity index (χ4n) is 2.75. The summed E-state index contributed by atoms with van der Waals surface area (Å²) in [5.41, 5.74) is 2.05. The van der Waals surface area contributed by atoms with E-state index in [9.17, 15) is 25.9 Å². The summed E-state index contributed by atoms with van der Waals surface area (Å²) in [6.45, 7) is 0. The monoisotopic (exact) mass is 435 g/mol. The van der Waals surface area contributed by atoms with Gasteiger partial charge in [-0.3, -0.25) is 4.98 Å². The van der Waals surface area contributed by atoms with E-state index >= 15 is 0 Å². The molecule has 0 bridgehead atoms. The maximum atomic E-state index is 10.7. The molecule has 29 heavy (non-hydrogen) atoms. The number of hydrogen-bond donors (Lipinski definition) is 0. The van der Waals surface area contributed by atoms with Crippen molar-refractivity contribution < 1.29 is 34.3 Å². The molecule has 3 rings (SSSR count). The molecule has 152 valence electrons. The fourth-order valence-corrected chi connectivity index (χ4v) is 3.44. The molecule has 0 saturated heterocycles. The highest BCUT2D eigenvalue weighted by molar-refractivity contribution is 7.81. The van der Waals surface area contributed by atoms with Crippen LogP contribution in [0.4, 0.5) is 0 Å². The second kappa shape index (κ2) is 8.17. The number of pyridine rings is 1. The Hall–Kier alpha value is -2.99. The lowest BCUT2D eigenvalue weighted by Crippen LogP contribution is -2.09. The molecule has 1 aromatic heterocycles. The van der Waals surface area contributed by atoms with Gasteiger partial charge in [0.2, 0.25) is 0 Å². The zero-order valence-electron chi connectivity index (χ0n) is 14.5. The normalized spacial score (nSPS) is 12.0. The lowest BCUT2D eigenvalue weighted by molar-refractivity contribution is 0.370. The van der Waals surface area contributed by atoms with E-state index in [-0.39, 0.29) is 11.5 Å². The molecule has 0 amide bonds. The van der Waals surface area contributed by atoms with Gasteiger partial charge in [0.05, 0.1) is 11.6 Å². The molecule has 0 aliphatic rings. The minimum Gasteiger partial charge on any atom is -0.716 e. The second-order valence-electron chi connectivity index (χ2n) is 5.81. The van der Waals surface area contributed by atoms with Crippen LogP contribution in [0, 0.1) is 0 Å². The molecule has 0 atom stereocenters. The van der Waals surface area contributed by atoms with Gasteiger partial charge in [0.15, 0.2) is 0 Å². The molecule has 0 fully saturated rings. The van der Waals surface area contributed by atoms with Crippen molar-refractivity contribution in [2.75, 3.05) is 0 Å². The van der Waals surface area contributed by atoms with Gasteiger partial charge in [0.25, 0.3) is 20.8 Å². The molecule has 2 aromatic carbocycles. The van der Waals surface area contributed by atoms with Gasteiger partial charge in [0, 0.05) is 6.20 Å². The van der Waals surface area contributed by atoms with Crippen molar-refractivity contribution in [1.82, 2.24) is 4.98 Å². The molecule has 0 radical (unpaired) electrons. The van der Waals surface area contributed by atoms with Gasteiger partial charge in [0.1, 0.15) is 11.5 Å². The summed E-state index contributed by atoms with van der Waals surface area (Å²) in [6, 6.07) is 17.0. The van der Waals surface area contributed by atoms with Crippen LogP contribution in [0.25, 0.3) is 0 Å². The lowest BCUT2D eigenvalue weighted by atomic mass is 9.88. The van der Waals surface area contributed by atoms with E-state index in [1.54, 1.807) is 48.7 Å². The molecule has 0 N–H and O–H groups in total. The van der Waals surface area contributed by atoms with Gasteiger partial charge in [-0.05, 0) is 47.5 Å². The molecular formula is C18H13NO8S2-2. The van der Waals surface area contributed by atoms with Crippen LogP contribution in [0.15, 0.2) is 72.9 Å². The standard InChI is InChI=1S/C18H15NO8S2/c20-28(21,22)26-15-8-4-13(5-9-15)18(17-3-1-2-12-19-17)14-6-10-16(11-7-14)27-29(23,24)25/h1-12,18H,(H,20,21,22)(H,23,24,25)/p-2. The molecule has 11 heteroatoms. The van der Waals surface area contributed by atoms with Crippen LogP contribution in [0.1, 0.15) is 22.7 Å². The van der Waals surface area contributed by atoms with Crippen molar-refractivity contribution >= 4 is 20.8 Å². The Bertz CT molecular complexity index is 1100. The second-order valence-corrected chi connectivity index (χ2v) is 7.78. The summed E-state index contributed by atoms with van der Waals surface area (Å²) in [4.78, 5) is 4.34. The van der Waals surface area contributed by atoms with E-state index in [0.29, 0.717) is 16.8 Å². The molecule has 9 nitrogen and oxygen atoms in total. The predicted molar refractivity (Wildman–Crippen MR) is 98.7 cm³/mol. The zero-order chi connectivity index (χ0) is 21.1. The van der Waals surface area contributed by atoms with Gasteiger partial charge in [-0.25, -0.2) is 16.8 Å².